The van der Waals surface area contributed by atoms with Gasteiger partial charge in [0, 0.05) is 33.3 Å². The quantitative estimate of drug-likeness (QED) is 0.0769. The lowest BCUT2D eigenvalue weighted by atomic mass is 9.93. The van der Waals surface area contributed by atoms with Crippen LogP contribution in [-0.2, 0) is 0 Å². The fourth-order valence-corrected chi connectivity index (χ4v) is 9.34. The molecule has 71 heavy (non-hydrogen) atoms. The van der Waals surface area contributed by atoms with Crippen molar-refractivity contribution in [2.45, 2.75) is 27.2 Å². The van der Waals surface area contributed by atoms with Crippen LogP contribution in [0, 0.1) is 0 Å². The Kier molecular flexibility index (Phi) is 13.7. The first-order valence-corrected chi connectivity index (χ1v) is 24.4. The van der Waals surface area contributed by atoms with Crippen molar-refractivity contribution < 1.29 is 0 Å². The molecule has 10 rings (SSSR count). The van der Waals surface area contributed by atoms with Crippen LogP contribution in [-0.4, -0.2) is 16.0 Å². The lowest BCUT2D eigenvalue weighted by molar-refractivity contribution is 1.18. The molecule has 1 aromatic heterocycles. The van der Waals surface area contributed by atoms with Crippen LogP contribution in [0.1, 0.15) is 60.6 Å². The van der Waals surface area contributed by atoms with E-state index in [1.54, 1.807) is 0 Å². The van der Waals surface area contributed by atoms with Crippen molar-refractivity contribution in [2.24, 2.45) is 9.98 Å². The van der Waals surface area contributed by atoms with Crippen molar-refractivity contribution in [3.63, 3.8) is 0 Å². The zero-order valence-corrected chi connectivity index (χ0v) is 40.5. The fourth-order valence-electron chi connectivity index (χ4n) is 9.34. The van der Waals surface area contributed by atoms with Crippen LogP contribution in [0.5, 0.6) is 0 Å². The summed E-state index contributed by atoms with van der Waals surface area (Å²) < 4.78 is 2.40. The number of nitrogens with zero attached hydrogens (tertiary/aromatic N) is 3. The summed E-state index contributed by atoms with van der Waals surface area (Å²) in [6.07, 6.45) is 7.62. The summed E-state index contributed by atoms with van der Waals surface area (Å²) in [5, 5.41) is 2.44. The minimum absolute atomic E-state index is 0.702. The third kappa shape index (κ3) is 10.3. The topological polar surface area (TPSA) is 29.6 Å². The molecule has 0 radical (unpaired) electrons. The van der Waals surface area contributed by atoms with Crippen LogP contribution in [0.25, 0.3) is 72.3 Å². The Morgan fingerprint density at radius 2 is 1.00 bits per heavy atom. The largest absolute Gasteiger partial charge is 0.309 e. The summed E-state index contributed by atoms with van der Waals surface area (Å²) in [4.78, 5) is 10.7. The molecule has 0 saturated heterocycles. The van der Waals surface area contributed by atoms with Crippen molar-refractivity contribution in [2.75, 3.05) is 0 Å². The van der Waals surface area contributed by atoms with E-state index in [2.05, 4.69) is 256 Å². The van der Waals surface area contributed by atoms with E-state index < -0.39 is 0 Å². The molecule has 0 amide bonds. The van der Waals surface area contributed by atoms with Crippen LogP contribution < -0.4 is 0 Å². The summed E-state index contributed by atoms with van der Waals surface area (Å²) in [6, 6.07) is 83.7. The summed E-state index contributed by atoms with van der Waals surface area (Å²) in [5.41, 5.74) is 19.8. The zero-order valence-electron chi connectivity index (χ0n) is 40.5. The van der Waals surface area contributed by atoms with Gasteiger partial charge in [-0.25, -0.2) is 4.99 Å². The van der Waals surface area contributed by atoms with Gasteiger partial charge in [-0.2, -0.15) is 0 Å². The van der Waals surface area contributed by atoms with E-state index in [4.69, 9.17) is 9.98 Å². The molecule has 0 saturated carbocycles. The normalized spacial score (nSPS) is 12.7. The third-order valence-electron chi connectivity index (χ3n) is 13.0. The Labute approximate surface area is 418 Å². The molecule has 3 heteroatoms. The predicted octanol–water partition coefficient (Wildman–Crippen LogP) is 18.0. The van der Waals surface area contributed by atoms with Crippen molar-refractivity contribution in [3.05, 3.63) is 295 Å². The number of benzene rings is 9. The van der Waals surface area contributed by atoms with Gasteiger partial charge in [-0.1, -0.05) is 208 Å². The van der Waals surface area contributed by atoms with Gasteiger partial charge in [-0.05, 0) is 137 Å². The average molecular weight is 914 g/mol. The van der Waals surface area contributed by atoms with Gasteiger partial charge in [0.05, 0.1) is 28.1 Å². The highest BCUT2D eigenvalue weighted by Gasteiger charge is 2.17. The summed E-state index contributed by atoms with van der Waals surface area (Å²) in [7, 11) is 0. The highest BCUT2D eigenvalue weighted by molar-refractivity contribution is 6.14. The molecule has 0 N–H and O–H groups in total. The van der Waals surface area contributed by atoms with Crippen LogP contribution >= 0.6 is 0 Å². The van der Waals surface area contributed by atoms with Gasteiger partial charge in [-0.3, -0.25) is 4.99 Å². The molecular weight excluding hydrogens is 859 g/mol. The smallest absolute Gasteiger partial charge is 0.0712 e. The summed E-state index contributed by atoms with van der Waals surface area (Å²) in [5.74, 6) is 0. The predicted molar refractivity (Wildman–Crippen MR) is 305 cm³/mol. The molecule has 3 nitrogen and oxygen atoms in total. The Morgan fingerprint density at radius 1 is 0.437 bits per heavy atom. The summed E-state index contributed by atoms with van der Waals surface area (Å²) in [6.45, 7) is 10.9. The molecule has 0 unspecified atom stereocenters. The van der Waals surface area contributed by atoms with E-state index in [0.29, 0.717) is 5.70 Å². The number of hydrogen-bond donors (Lipinski definition) is 0. The second-order valence-corrected chi connectivity index (χ2v) is 17.8. The van der Waals surface area contributed by atoms with Crippen LogP contribution in [0.3, 0.4) is 0 Å². The SMILES string of the molecule is C=C(N=C(/C=C(\C)c1cc(/C(=C/C(=C/CC)c2ccccc2)N=C(C)c2ccccc2)cc(-c2cccc(-n3c4ccccc4c4cc(-c5ccccc5)ccc43)c2)c1)c1ccccc1)c1ccccc1. The first-order valence-electron chi connectivity index (χ1n) is 24.4. The average Bonchev–Trinajstić information content (AvgIpc) is 3.77. The highest BCUT2D eigenvalue weighted by Crippen LogP contribution is 2.38. The number of rotatable bonds is 14. The molecule has 9 aromatic carbocycles. The zero-order chi connectivity index (χ0) is 48.5. The van der Waals surface area contributed by atoms with Gasteiger partial charge in [0.1, 0.15) is 0 Å². The Hall–Kier alpha value is -8.92. The maximum Gasteiger partial charge on any atom is 0.0712 e. The van der Waals surface area contributed by atoms with E-state index in [1.165, 1.54) is 21.9 Å². The standard InChI is InChI=1S/C68H55N3/c1-5-24-56(53-29-15-8-16-30-53)47-66(70-50(4)52-27-13-7-14-28-52)61-43-59(48(2)41-65(55-33-19-10-20-34-55)69-49(3)51-25-11-6-12-26-51)42-60(44-61)57-35-23-36-62(45-57)71-67-38-22-21-37-63(67)64-46-58(39-40-68(64)71)54-31-17-9-18-32-54/h6-47H,3,5H2,1-2,4H3/b48-41+,56-24-,66-47-,69-65?,70-50?. The van der Waals surface area contributed by atoms with Gasteiger partial charge in [0.25, 0.3) is 0 Å². The lowest BCUT2D eigenvalue weighted by Crippen LogP contribution is -2.00. The fraction of sp³-hybridized carbons (Fsp3) is 0.0588. The van der Waals surface area contributed by atoms with E-state index in [9.17, 15) is 0 Å². The van der Waals surface area contributed by atoms with Crippen LogP contribution in [0.15, 0.2) is 271 Å². The van der Waals surface area contributed by atoms with E-state index in [1.807, 2.05) is 30.3 Å². The molecule has 0 aliphatic heterocycles. The molecule has 0 aliphatic rings. The minimum Gasteiger partial charge on any atom is -0.309 e. The highest BCUT2D eigenvalue weighted by atomic mass is 15.0. The summed E-state index contributed by atoms with van der Waals surface area (Å²) >= 11 is 0. The van der Waals surface area contributed by atoms with Crippen LogP contribution in [0.4, 0.5) is 0 Å². The maximum atomic E-state index is 5.51. The van der Waals surface area contributed by atoms with Gasteiger partial charge < -0.3 is 4.57 Å². The minimum atomic E-state index is 0.702. The number of aliphatic imine (C=N–C) groups is 2. The molecular formula is C68H55N3. The monoisotopic (exact) mass is 913 g/mol. The number of hydrogen-bond acceptors (Lipinski definition) is 2. The number of aromatic nitrogens is 1. The Bertz CT molecular complexity index is 3670. The third-order valence-corrected chi connectivity index (χ3v) is 13.0. The van der Waals surface area contributed by atoms with Crippen LogP contribution in [0.2, 0.25) is 0 Å². The maximum absolute atomic E-state index is 5.51. The second-order valence-electron chi connectivity index (χ2n) is 17.8. The molecule has 10 aromatic rings. The first-order chi connectivity index (χ1) is 34.9. The van der Waals surface area contributed by atoms with E-state index in [-0.39, 0.29) is 0 Å². The lowest BCUT2D eigenvalue weighted by Gasteiger charge is -2.15. The van der Waals surface area contributed by atoms with Crippen molar-refractivity contribution in [1.29, 1.82) is 0 Å². The number of allylic oxidation sites excluding steroid dienone is 5. The number of para-hydroxylation sites is 1. The van der Waals surface area contributed by atoms with Gasteiger partial charge in [0.15, 0.2) is 0 Å². The molecule has 1 heterocycles. The van der Waals surface area contributed by atoms with Crippen molar-refractivity contribution in [3.8, 4) is 27.9 Å². The molecule has 0 atom stereocenters. The number of fused-ring (bicyclic) bond motifs is 3. The molecule has 0 fully saturated rings. The Morgan fingerprint density at radius 3 is 1.69 bits per heavy atom. The Balaban J connectivity index is 1.18. The van der Waals surface area contributed by atoms with E-state index >= 15 is 0 Å². The van der Waals surface area contributed by atoms with E-state index in [0.717, 1.165) is 95.9 Å². The molecule has 0 aliphatic carbocycles. The second kappa shape index (κ2) is 21.2. The van der Waals surface area contributed by atoms with Crippen molar-refractivity contribution in [1.82, 2.24) is 4.57 Å². The first kappa shape index (κ1) is 45.8. The molecule has 0 bridgehead atoms. The van der Waals surface area contributed by atoms with Gasteiger partial charge >= 0.3 is 0 Å². The molecule has 0 spiro atoms. The van der Waals surface area contributed by atoms with Gasteiger partial charge in [0.2, 0.25) is 0 Å². The van der Waals surface area contributed by atoms with Crippen molar-refractivity contribution >= 4 is 55.8 Å². The molecule has 342 valence electrons. The van der Waals surface area contributed by atoms with Gasteiger partial charge in [-0.15, -0.1) is 0 Å².